The summed E-state index contributed by atoms with van der Waals surface area (Å²) in [6, 6.07) is 17.4. The molecule has 1 aliphatic heterocycles. The Morgan fingerprint density at radius 2 is 1.70 bits per heavy atom. The summed E-state index contributed by atoms with van der Waals surface area (Å²) in [5.41, 5.74) is 3.80. The van der Waals surface area contributed by atoms with Crippen LogP contribution in [0.25, 0.3) is 6.08 Å². The number of hydrogen-bond donors (Lipinski definition) is 0. The van der Waals surface area contributed by atoms with Gasteiger partial charge < -0.3 is 14.2 Å². The molecule has 2 amide bonds. The van der Waals surface area contributed by atoms with Gasteiger partial charge in [-0.1, -0.05) is 40.2 Å². The Hall–Kier alpha value is -2.75. The first-order valence-electron chi connectivity index (χ1n) is 11.5. The van der Waals surface area contributed by atoms with Gasteiger partial charge in [-0.2, -0.15) is 0 Å². The van der Waals surface area contributed by atoms with Gasteiger partial charge in [0.15, 0.2) is 11.5 Å². The summed E-state index contributed by atoms with van der Waals surface area (Å²) in [4.78, 5) is 27.1. The number of benzene rings is 3. The Bertz CT molecular complexity index is 1360. The number of hydrogen-bond acceptors (Lipinski definition) is 6. The lowest BCUT2D eigenvalue weighted by Crippen LogP contribution is -2.32. The van der Waals surface area contributed by atoms with E-state index >= 15 is 0 Å². The van der Waals surface area contributed by atoms with Crippen molar-refractivity contribution in [3.05, 3.63) is 90.7 Å². The van der Waals surface area contributed by atoms with Crippen molar-refractivity contribution < 1.29 is 23.8 Å². The molecule has 0 aromatic heterocycles. The molecule has 0 radical (unpaired) electrons. The molecule has 192 valence electrons. The molecule has 0 unspecified atom stereocenters. The second-order valence-corrected chi connectivity index (χ2v) is 11.2. The van der Waals surface area contributed by atoms with Gasteiger partial charge in [-0.3, -0.25) is 14.5 Å². The predicted molar refractivity (Wildman–Crippen MR) is 153 cm³/mol. The van der Waals surface area contributed by atoms with Gasteiger partial charge in [-0.15, -0.1) is 0 Å². The van der Waals surface area contributed by atoms with E-state index in [1.54, 1.807) is 19.3 Å². The van der Waals surface area contributed by atoms with Crippen molar-refractivity contribution in [1.29, 1.82) is 0 Å². The molecule has 9 heteroatoms. The zero-order chi connectivity index (χ0) is 26.5. The Morgan fingerprint density at radius 1 is 0.946 bits per heavy atom. The number of nitrogens with zero attached hydrogens (tertiary/aromatic N) is 1. The van der Waals surface area contributed by atoms with Crippen LogP contribution in [0.5, 0.6) is 17.2 Å². The van der Waals surface area contributed by atoms with Crippen LogP contribution < -0.4 is 14.2 Å². The van der Waals surface area contributed by atoms with Crippen molar-refractivity contribution >= 4 is 60.8 Å². The monoisotopic (exact) mass is 645 g/mol. The molecular weight excluding hydrogens is 622 g/mol. The summed E-state index contributed by atoms with van der Waals surface area (Å²) < 4.78 is 19.1. The highest BCUT2D eigenvalue weighted by molar-refractivity contribution is 9.10. The molecule has 0 bridgehead atoms. The van der Waals surface area contributed by atoms with Crippen LogP contribution in [0.3, 0.4) is 0 Å². The van der Waals surface area contributed by atoms with E-state index in [-0.39, 0.29) is 24.3 Å². The third-order valence-electron chi connectivity index (χ3n) is 5.64. The third-order valence-corrected chi connectivity index (χ3v) is 7.66. The highest BCUT2D eigenvalue weighted by Gasteiger charge is 2.35. The van der Waals surface area contributed by atoms with Crippen molar-refractivity contribution in [1.82, 2.24) is 4.90 Å². The minimum atomic E-state index is -0.342. The summed E-state index contributed by atoms with van der Waals surface area (Å²) in [5, 5.41) is -0.318. The van der Waals surface area contributed by atoms with Crippen LogP contribution in [-0.4, -0.2) is 36.3 Å². The molecule has 1 fully saturated rings. The number of methoxy groups -OCH3 is 1. The summed E-state index contributed by atoms with van der Waals surface area (Å²) in [7, 11) is 1.56. The molecule has 0 saturated carbocycles. The molecule has 0 aliphatic carbocycles. The molecule has 0 atom stereocenters. The van der Waals surface area contributed by atoms with Gasteiger partial charge in [0.2, 0.25) is 0 Å². The number of thioether (sulfide) groups is 1. The highest BCUT2D eigenvalue weighted by atomic mass is 79.9. The summed E-state index contributed by atoms with van der Waals surface area (Å²) >= 11 is 7.89. The molecule has 1 saturated heterocycles. The van der Waals surface area contributed by atoms with Crippen LogP contribution in [0, 0.1) is 13.8 Å². The van der Waals surface area contributed by atoms with Crippen LogP contribution in [0.15, 0.2) is 68.4 Å². The van der Waals surface area contributed by atoms with Crippen molar-refractivity contribution in [3.8, 4) is 17.2 Å². The first-order chi connectivity index (χ1) is 17.7. The second kappa shape index (κ2) is 12.2. The van der Waals surface area contributed by atoms with E-state index in [1.165, 1.54) is 4.90 Å². The van der Waals surface area contributed by atoms with Crippen LogP contribution >= 0.6 is 43.6 Å². The molecule has 3 aromatic rings. The van der Waals surface area contributed by atoms with E-state index < -0.39 is 0 Å². The number of ether oxygens (including phenoxy) is 3. The average molecular weight is 647 g/mol. The zero-order valence-electron chi connectivity index (χ0n) is 20.5. The van der Waals surface area contributed by atoms with E-state index in [4.69, 9.17) is 14.2 Å². The van der Waals surface area contributed by atoms with Crippen molar-refractivity contribution in [2.45, 2.75) is 20.5 Å². The number of aryl methyl sites for hydroxylation is 2. The molecule has 3 aromatic carbocycles. The quantitative estimate of drug-likeness (QED) is 0.224. The number of halogens is 2. The average Bonchev–Trinajstić information content (AvgIpc) is 3.13. The van der Waals surface area contributed by atoms with Gasteiger partial charge in [0.1, 0.15) is 19.0 Å². The first kappa shape index (κ1) is 27.3. The third kappa shape index (κ3) is 6.77. The van der Waals surface area contributed by atoms with Crippen molar-refractivity contribution in [2.24, 2.45) is 0 Å². The lowest BCUT2D eigenvalue weighted by molar-refractivity contribution is -0.123. The fourth-order valence-electron chi connectivity index (χ4n) is 3.65. The molecule has 0 spiro atoms. The predicted octanol–water partition coefficient (Wildman–Crippen LogP) is 7.53. The molecule has 4 rings (SSSR count). The second-order valence-electron chi connectivity index (χ2n) is 8.40. The largest absolute Gasteiger partial charge is 0.493 e. The fourth-order valence-corrected chi connectivity index (χ4v) is 5.36. The van der Waals surface area contributed by atoms with Gasteiger partial charge in [-0.05, 0) is 100 Å². The van der Waals surface area contributed by atoms with E-state index in [2.05, 4.69) is 31.9 Å². The molecule has 0 N–H and O–H groups in total. The Morgan fingerprint density at radius 3 is 2.43 bits per heavy atom. The number of carbonyl (C=O) groups excluding carboxylic acids is 2. The van der Waals surface area contributed by atoms with Gasteiger partial charge >= 0.3 is 0 Å². The maximum atomic E-state index is 13.0. The smallest absolute Gasteiger partial charge is 0.293 e. The Balaban J connectivity index is 1.44. The summed E-state index contributed by atoms with van der Waals surface area (Å²) in [6.07, 6.45) is 1.68. The van der Waals surface area contributed by atoms with E-state index in [0.717, 1.165) is 38.7 Å². The Kier molecular flexibility index (Phi) is 9.00. The van der Waals surface area contributed by atoms with Crippen LogP contribution in [0.2, 0.25) is 0 Å². The van der Waals surface area contributed by atoms with Crippen LogP contribution in [0.1, 0.15) is 22.3 Å². The molecule has 1 heterocycles. The lowest BCUT2D eigenvalue weighted by Gasteiger charge is -2.15. The van der Waals surface area contributed by atoms with E-state index in [1.807, 2.05) is 62.4 Å². The zero-order valence-corrected chi connectivity index (χ0v) is 24.5. The van der Waals surface area contributed by atoms with Gasteiger partial charge in [0.05, 0.1) is 23.0 Å². The minimum Gasteiger partial charge on any atom is -0.493 e. The molecule has 37 heavy (non-hydrogen) atoms. The highest BCUT2D eigenvalue weighted by Crippen LogP contribution is 2.39. The number of rotatable bonds is 9. The van der Waals surface area contributed by atoms with Crippen molar-refractivity contribution in [2.75, 3.05) is 20.3 Å². The van der Waals surface area contributed by atoms with Crippen molar-refractivity contribution in [3.63, 3.8) is 0 Å². The fraction of sp³-hybridized carbons (Fsp3) is 0.214. The maximum Gasteiger partial charge on any atom is 0.293 e. The minimum absolute atomic E-state index is 0.172. The van der Waals surface area contributed by atoms with E-state index in [0.29, 0.717) is 33.0 Å². The SMILES string of the molecule is COc1cc(/C=C2\SC(=O)N(CCOc3cc(C)ccc3C)C2=O)cc(Br)c1OCc1ccc(Br)cc1. The molecule has 1 aliphatic rings. The van der Waals surface area contributed by atoms with Gasteiger partial charge in [0.25, 0.3) is 11.1 Å². The maximum absolute atomic E-state index is 13.0. The number of carbonyl (C=O) groups is 2. The normalized spacial score (nSPS) is 14.4. The first-order valence-corrected chi connectivity index (χ1v) is 13.9. The van der Waals surface area contributed by atoms with Gasteiger partial charge in [-0.25, -0.2) is 0 Å². The summed E-state index contributed by atoms with van der Waals surface area (Å²) in [5.74, 6) is 1.48. The van der Waals surface area contributed by atoms with E-state index in [9.17, 15) is 9.59 Å². The standard InChI is InChI=1S/C28H25Br2NO5S/c1-17-4-5-18(2)23(12-17)35-11-10-31-27(32)25(37-28(31)33)15-20-13-22(30)26(24(14-20)34-3)36-16-19-6-8-21(29)9-7-19/h4-9,12-15H,10-11,16H2,1-3H3/b25-15-. The van der Waals surface area contributed by atoms with Crippen LogP contribution in [0.4, 0.5) is 4.79 Å². The lowest BCUT2D eigenvalue weighted by atomic mass is 10.1. The summed E-state index contributed by atoms with van der Waals surface area (Å²) in [6.45, 7) is 4.71. The van der Waals surface area contributed by atoms with Crippen LogP contribution in [-0.2, 0) is 11.4 Å². The molecule has 6 nitrogen and oxygen atoms in total. The number of amides is 2. The molecular formula is C28H25Br2NO5S. The Labute approximate surface area is 237 Å². The number of imide groups is 1. The van der Waals surface area contributed by atoms with Gasteiger partial charge in [0, 0.05) is 4.47 Å². The topological polar surface area (TPSA) is 65.1 Å².